The number of anilines is 2. The number of benzene rings is 1. The predicted molar refractivity (Wildman–Crippen MR) is 148 cm³/mol. The summed E-state index contributed by atoms with van der Waals surface area (Å²) >= 11 is 0. The van der Waals surface area contributed by atoms with Crippen LogP contribution in [0, 0.1) is 11.8 Å². The Labute approximate surface area is 219 Å². The molecule has 4 aliphatic carbocycles. The summed E-state index contributed by atoms with van der Waals surface area (Å²) in [6.45, 7) is 0. The van der Waals surface area contributed by atoms with Gasteiger partial charge in [0.25, 0.3) is 0 Å². The standard InChI is InChI=1S/C32H48N2O2/c35-31(25-14-5-1-6-15-25)33(27-18-9-3-10-19-27)29-22-13-23-30(24-29)34(28-20-11-4-12-21-28)32(36)26-16-7-2-8-17-26/h13,22-28H,1-12,14-21H2. The predicted octanol–water partition coefficient (Wildman–Crippen LogP) is 8.18. The van der Waals surface area contributed by atoms with E-state index in [4.69, 9.17) is 0 Å². The number of amides is 2. The molecule has 1 aromatic carbocycles. The Bertz CT molecular complexity index is 791. The van der Waals surface area contributed by atoms with Crippen molar-refractivity contribution >= 4 is 23.2 Å². The third kappa shape index (κ3) is 6.00. The molecule has 4 aliphatic rings. The van der Waals surface area contributed by atoms with Gasteiger partial charge in [-0.3, -0.25) is 9.59 Å². The van der Waals surface area contributed by atoms with Gasteiger partial charge < -0.3 is 9.80 Å². The van der Waals surface area contributed by atoms with Crippen molar-refractivity contribution in [3.8, 4) is 0 Å². The van der Waals surface area contributed by atoms with Crippen LogP contribution >= 0.6 is 0 Å². The minimum Gasteiger partial charge on any atom is -0.309 e. The molecule has 0 heterocycles. The minimum atomic E-state index is 0.169. The zero-order chi connectivity index (χ0) is 24.7. The molecular formula is C32H48N2O2. The highest BCUT2D eigenvalue weighted by molar-refractivity contribution is 5.99. The Hall–Kier alpha value is -1.84. The van der Waals surface area contributed by atoms with E-state index in [0.717, 1.165) is 62.7 Å². The molecule has 0 unspecified atom stereocenters. The molecule has 0 atom stereocenters. The van der Waals surface area contributed by atoms with E-state index < -0.39 is 0 Å². The molecule has 4 fully saturated rings. The second-order valence-electron chi connectivity index (χ2n) is 12.2. The van der Waals surface area contributed by atoms with Gasteiger partial charge in [0.15, 0.2) is 0 Å². The molecular weight excluding hydrogens is 444 g/mol. The van der Waals surface area contributed by atoms with Crippen molar-refractivity contribution in [1.82, 2.24) is 0 Å². The Kier molecular flexibility index (Phi) is 9.03. The van der Waals surface area contributed by atoms with Crippen LogP contribution in [0.1, 0.15) is 128 Å². The summed E-state index contributed by atoms with van der Waals surface area (Å²) in [6, 6.07) is 9.22. The molecule has 2 amide bonds. The van der Waals surface area contributed by atoms with E-state index in [1.807, 2.05) is 0 Å². The first-order valence-corrected chi connectivity index (χ1v) is 15.5. The van der Waals surface area contributed by atoms with Crippen LogP contribution in [0.3, 0.4) is 0 Å². The van der Waals surface area contributed by atoms with Gasteiger partial charge in [-0.05, 0) is 69.6 Å². The quantitative estimate of drug-likeness (QED) is 0.402. The maximum atomic E-state index is 14.0. The van der Waals surface area contributed by atoms with Gasteiger partial charge in [0.05, 0.1) is 0 Å². The third-order valence-electron chi connectivity index (χ3n) is 9.65. The summed E-state index contributed by atoms with van der Waals surface area (Å²) in [4.78, 5) is 32.4. The van der Waals surface area contributed by atoms with Crippen LogP contribution in [0.4, 0.5) is 11.4 Å². The van der Waals surface area contributed by atoms with Crippen molar-refractivity contribution in [1.29, 1.82) is 0 Å². The summed E-state index contributed by atoms with van der Waals surface area (Å²) < 4.78 is 0. The fourth-order valence-corrected chi connectivity index (χ4v) is 7.60. The monoisotopic (exact) mass is 492 g/mol. The second kappa shape index (κ2) is 12.6. The van der Waals surface area contributed by atoms with Crippen molar-refractivity contribution in [3.63, 3.8) is 0 Å². The molecule has 0 bridgehead atoms. The average Bonchev–Trinajstić information content (AvgIpc) is 2.96. The Morgan fingerprint density at radius 2 is 0.833 bits per heavy atom. The molecule has 198 valence electrons. The zero-order valence-corrected chi connectivity index (χ0v) is 22.5. The molecule has 5 rings (SSSR count). The molecule has 0 N–H and O–H groups in total. The van der Waals surface area contributed by atoms with Crippen LogP contribution in [0.25, 0.3) is 0 Å². The van der Waals surface area contributed by atoms with Crippen molar-refractivity contribution in [2.75, 3.05) is 9.80 Å². The van der Waals surface area contributed by atoms with E-state index in [9.17, 15) is 9.59 Å². The Balaban J connectivity index is 1.46. The first kappa shape index (κ1) is 25.8. The lowest BCUT2D eigenvalue weighted by molar-refractivity contribution is -0.124. The van der Waals surface area contributed by atoms with Crippen LogP contribution in [-0.2, 0) is 9.59 Å². The van der Waals surface area contributed by atoms with E-state index in [1.54, 1.807) is 0 Å². The van der Waals surface area contributed by atoms with Crippen molar-refractivity contribution in [3.05, 3.63) is 24.3 Å². The fourth-order valence-electron chi connectivity index (χ4n) is 7.60. The Morgan fingerprint density at radius 1 is 0.500 bits per heavy atom. The van der Waals surface area contributed by atoms with Gasteiger partial charge >= 0.3 is 0 Å². The minimum absolute atomic E-state index is 0.169. The van der Waals surface area contributed by atoms with Crippen LogP contribution in [0.2, 0.25) is 0 Å². The number of hydrogen-bond acceptors (Lipinski definition) is 2. The smallest absolute Gasteiger partial charge is 0.230 e. The SMILES string of the molecule is O=C(C1CCCCC1)N(c1cccc(N(C(=O)C2CCCCC2)C2CCCCC2)c1)C1CCCCC1. The molecule has 0 saturated heterocycles. The van der Waals surface area contributed by atoms with Crippen LogP contribution < -0.4 is 9.80 Å². The lowest BCUT2D eigenvalue weighted by atomic mass is 9.86. The normalized spacial score (nSPS) is 23.3. The zero-order valence-electron chi connectivity index (χ0n) is 22.5. The number of hydrogen-bond donors (Lipinski definition) is 0. The van der Waals surface area contributed by atoms with Gasteiger partial charge in [-0.15, -0.1) is 0 Å². The van der Waals surface area contributed by atoms with E-state index in [1.165, 1.54) is 77.0 Å². The molecule has 36 heavy (non-hydrogen) atoms. The maximum Gasteiger partial charge on any atom is 0.230 e. The number of carbonyl (C=O) groups excluding carboxylic acids is 2. The number of carbonyl (C=O) groups is 2. The molecule has 4 nitrogen and oxygen atoms in total. The second-order valence-corrected chi connectivity index (χ2v) is 12.2. The van der Waals surface area contributed by atoms with Gasteiger partial charge in [-0.1, -0.05) is 83.1 Å². The maximum absolute atomic E-state index is 14.0. The fraction of sp³-hybridized carbons (Fsp3) is 0.750. The summed E-state index contributed by atoms with van der Waals surface area (Å²) in [5, 5.41) is 0. The molecule has 0 aromatic heterocycles. The van der Waals surface area contributed by atoms with Crippen molar-refractivity contribution in [2.45, 2.75) is 141 Å². The largest absolute Gasteiger partial charge is 0.309 e. The third-order valence-corrected chi connectivity index (χ3v) is 9.65. The highest BCUT2D eigenvalue weighted by Gasteiger charge is 2.35. The number of rotatable bonds is 6. The van der Waals surface area contributed by atoms with Gasteiger partial charge in [0, 0.05) is 35.3 Å². The average molecular weight is 493 g/mol. The van der Waals surface area contributed by atoms with Gasteiger partial charge in [0.2, 0.25) is 11.8 Å². The molecule has 1 aromatic rings. The van der Waals surface area contributed by atoms with Gasteiger partial charge in [-0.2, -0.15) is 0 Å². The van der Waals surface area contributed by atoms with E-state index in [0.29, 0.717) is 23.9 Å². The molecule has 0 aliphatic heterocycles. The van der Waals surface area contributed by atoms with Crippen LogP contribution in [0.5, 0.6) is 0 Å². The highest BCUT2D eigenvalue weighted by atomic mass is 16.2. The van der Waals surface area contributed by atoms with E-state index >= 15 is 0 Å². The molecule has 0 spiro atoms. The first-order valence-electron chi connectivity index (χ1n) is 15.5. The molecule has 4 heteroatoms. The van der Waals surface area contributed by atoms with E-state index in [2.05, 4.69) is 34.1 Å². The summed E-state index contributed by atoms with van der Waals surface area (Å²) in [5.41, 5.74) is 2.07. The number of nitrogens with zero attached hydrogens (tertiary/aromatic N) is 2. The van der Waals surface area contributed by atoms with E-state index in [-0.39, 0.29) is 11.8 Å². The van der Waals surface area contributed by atoms with Crippen LogP contribution in [-0.4, -0.2) is 23.9 Å². The summed E-state index contributed by atoms with van der Waals surface area (Å²) in [6.07, 6.45) is 23.3. The van der Waals surface area contributed by atoms with Crippen molar-refractivity contribution in [2.24, 2.45) is 11.8 Å². The molecule has 4 saturated carbocycles. The lowest BCUT2D eigenvalue weighted by Crippen LogP contribution is -2.46. The van der Waals surface area contributed by atoms with Crippen LogP contribution in [0.15, 0.2) is 24.3 Å². The lowest BCUT2D eigenvalue weighted by Gasteiger charge is -2.40. The van der Waals surface area contributed by atoms with Crippen molar-refractivity contribution < 1.29 is 9.59 Å². The summed E-state index contributed by atoms with van der Waals surface area (Å²) in [7, 11) is 0. The summed E-state index contributed by atoms with van der Waals surface area (Å²) in [5.74, 6) is 1.04. The highest BCUT2D eigenvalue weighted by Crippen LogP contribution is 2.37. The molecule has 0 radical (unpaired) electrons. The van der Waals surface area contributed by atoms with Gasteiger partial charge in [-0.25, -0.2) is 0 Å². The van der Waals surface area contributed by atoms with Gasteiger partial charge in [0.1, 0.15) is 0 Å². The Morgan fingerprint density at radius 3 is 1.19 bits per heavy atom. The first-order chi connectivity index (χ1) is 17.7. The topological polar surface area (TPSA) is 40.6 Å².